The molecule has 3 nitrogen and oxygen atoms in total. The molecule has 1 aromatic heterocycles. The summed E-state index contributed by atoms with van der Waals surface area (Å²) in [5.74, 6) is -0.989. The van der Waals surface area contributed by atoms with Crippen molar-refractivity contribution in [1.82, 2.24) is 14.8 Å². The quantitative estimate of drug-likeness (QED) is 0.669. The van der Waals surface area contributed by atoms with Gasteiger partial charge in [-0.15, -0.1) is 0 Å². The molecule has 0 saturated heterocycles. The zero-order valence-corrected chi connectivity index (χ0v) is 10.9. The maximum absolute atomic E-state index is 13.3. The zero-order chi connectivity index (χ0) is 14.5. The van der Waals surface area contributed by atoms with Gasteiger partial charge in [0.2, 0.25) is 0 Å². The first-order chi connectivity index (χ1) is 9.38. The number of hydrogen-bond donors (Lipinski definition) is 1. The molecule has 8 heteroatoms. The molecule has 20 heavy (non-hydrogen) atoms. The summed E-state index contributed by atoms with van der Waals surface area (Å²) in [5, 5.41) is 6.53. The van der Waals surface area contributed by atoms with Crippen molar-refractivity contribution in [2.24, 2.45) is 0 Å². The van der Waals surface area contributed by atoms with Crippen LogP contribution < -0.4 is 0 Å². The van der Waals surface area contributed by atoms with E-state index in [0.717, 1.165) is 25.0 Å². The molecule has 1 fully saturated rings. The van der Waals surface area contributed by atoms with Gasteiger partial charge in [-0.2, -0.15) is 18.3 Å². The summed E-state index contributed by atoms with van der Waals surface area (Å²) in [5.41, 5.74) is -1.11. The predicted molar refractivity (Wildman–Crippen MR) is 66.1 cm³/mol. The van der Waals surface area contributed by atoms with Crippen molar-refractivity contribution in [2.45, 2.75) is 25.1 Å². The van der Waals surface area contributed by atoms with Crippen molar-refractivity contribution in [1.29, 1.82) is 0 Å². The molecule has 0 aliphatic heterocycles. The number of aromatic nitrogens is 3. The topological polar surface area (TPSA) is 33.6 Å². The molecule has 1 N–H and O–H groups in total. The van der Waals surface area contributed by atoms with E-state index in [1.807, 2.05) is 0 Å². The molecule has 1 aromatic carbocycles. The average molecular weight is 303 g/mol. The first-order valence-corrected chi connectivity index (χ1v) is 6.33. The lowest BCUT2D eigenvalue weighted by Gasteiger charge is -2.10. The molecule has 3 rings (SSSR count). The van der Waals surface area contributed by atoms with Crippen LogP contribution in [-0.4, -0.2) is 14.8 Å². The smallest absolute Gasteiger partial charge is 0.297 e. The van der Waals surface area contributed by atoms with Gasteiger partial charge in [-0.05, 0) is 43.3 Å². The van der Waals surface area contributed by atoms with Crippen LogP contribution in [-0.2, 0) is 6.18 Å². The Bertz CT molecular complexity index is 712. The minimum absolute atomic E-state index is 0.163. The summed E-state index contributed by atoms with van der Waals surface area (Å²) in [6, 6.07) is 3.00. The van der Waals surface area contributed by atoms with E-state index in [2.05, 4.69) is 10.2 Å². The van der Waals surface area contributed by atoms with Crippen LogP contribution in [0, 0.1) is 10.6 Å². The molecule has 0 bridgehead atoms. The van der Waals surface area contributed by atoms with Gasteiger partial charge in [0.15, 0.2) is 10.6 Å². The van der Waals surface area contributed by atoms with Gasteiger partial charge in [0, 0.05) is 11.6 Å². The van der Waals surface area contributed by atoms with Crippen molar-refractivity contribution in [3.63, 3.8) is 0 Å². The van der Waals surface area contributed by atoms with Gasteiger partial charge in [-0.3, -0.25) is 9.67 Å². The Hall–Kier alpha value is -1.70. The van der Waals surface area contributed by atoms with Gasteiger partial charge in [0.25, 0.3) is 0 Å². The molecular formula is C12H9F4N3S. The Kier molecular flexibility index (Phi) is 2.93. The number of nitrogens with one attached hydrogen (secondary N) is 1. The van der Waals surface area contributed by atoms with Crippen LogP contribution in [0.3, 0.4) is 0 Å². The van der Waals surface area contributed by atoms with Crippen LogP contribution >= 0.6 is 12.2 Å². The summed E-state index contributed by atoms with van der Waals surface area (Å²) in [6.45, 7) is 0. The van der Waals surface area contributed by atoms with E-state index in [-0.39, 0.29) is 11.6 Å². The van der Waals surface area contributed by atoms with Crippen LogP contribution in [0.2, 0.25) is 0 Å². The molecule has 1 aliphatic rings. The number of H-pyrrole nitrogens is 1. The number of hydrogen-bond acceptors (Lipinski definition) is 2. The van der Waals surface area contributed by atoms with Gasteiger partial charge >= 0.3 is 6.18 Å². The fraction of sp³-hybridized carbons (Fsp3) is 0.333. The third kappa shape index (κ3) is 2.24. The standard InChI is InChI=1S/C12H9F4N3S/c13-9-4-1-6(5-8(9)12(14,15)16)10-17-18-11(20)19(10)7-2-3-7/h1,4-5,7H,2-3H2,(H,18,20). The minimum Gasteiger partial charge on any atom is -0.297 e. The van der Waals surface area contributed by atoms with E-state index in [4.69, 9.17) is 12.2 Å². The zero-order valence-electron chi connectivity index (χ0n) is 10.0. The second-order valence-electron chi connectivity index (χ2n) is 4.65. The molecule has 1 heterocycles. The van der Waals surface area contributed by atoms with Gasteiger partial charge in [-0.25, -0.2) is 4.39 Å². The van der Waals surface area contributed by atoms with E-state index in [1.54, 1.807) is 4.57 Å². The number of nitrogens with zero attached hydrogens (tertiary/aromatic N) is 2. The largest absolute Gasteiger partial charge is 0.419 e. The van der Waals surface area contributed by atoms with Crippen molar-refractivity contribution >= 4 is 12.2 Å². The molecule has 0 radical (unpaired) electrons. The fourth-order valence-corrected chi connectivity index (χ4v) is 2.34. The Morgan fingerprint density at radius 3 is 2.60 bits per heavy atom. The van der Waals surface area contributed by atoms with E-state index >= 15 is 0 Å². The van der Waals surface area contributed by atoms with Crippen LogP contribution in [0.15, 0.2) is 18.2 Å². The van der Waals surface area contributed by atoms with E-state index < -0.39 is 17.6 Å². The summed E-state index contributed by atoms with van der Waals surface area (Å²) in [4.78, 5) is 0. The molecule has 1 aliphatic carbocycles. The second-order valence-corrected chi connectivity index (χ2v) is 5.03. The van der Waals surface area contributed by atoms with E-state index in [0.29, 0.717) is 10.6 Å². The summed E-state index contributed by atoms with van der Waals surface area (Å²) in [7, 11) is 0. The normalized spacial score (nSPS) is 15.6. The van der Waals surface area contributed by atoms with Gasteiger partial charge in [0.1, 0.15) is 5.82 Å². The fourth-order valence-electron chi connectivity index (χ4n) is 2.06. The average Bonchev–Trinajstić information content (AvgIpc) is 3.12. The Balaban J connectivity index is 2.14. The Morgan fingerprint density at radius 2 is 2.00 bits per heavy atom. The maximum Gasteiger partial charge on any atom is 0.419 e. The number of halogens is 4. The predicted octanol–water partition coefficient (Wildman–Crippen LogP) is 4.10. The molecule has 0 spiro atoms. The number of rotatable bonds is 2. The molecule has 2 aromatic rings. The highest BCUT2D eigenvalue weighted by atomic mass is 32.1. The van der Waals surface area contributed by atoms with Crippen molar-refractivity contribution in [2.75, 3.05) is 0 Å². The van der Waals surface area contributed by atoms with Crippen LogP contribution in [0.25, 0.3) is 11.4 Å². The number of benzene rings is 1. The highest BCUT2D eigenvalue weighted by molar-refractivity contribution is 7.71. The first-order valence-electron chi connectivity index (χ1n) is 5.92. The Morgan fingerprint density at radius 1 is 1.30 bits per heavy atom. The minimum atomic E-state index is -4.74. The third-order valence-corrected chi connectivity index (χ3v) is 3.43. The van der Waals surface area contributed by atoms with Gasteiger partial charge in [0.05, 0.1) is 5.56 Å². The van der Waals surface area contributed by atoms with Crippen LogP contribution in [0.4, 0.5) is 17.6 Å². The second kappa shape index (κ2) is 4.41. The van der Waals surface area contributed by atoms with Crippen molar-refractivity contribution in [3.8, 4) is 11.4 Å². The highest BCUT2D eigenvalue weighted by Crippen LogP contribution is 2.39. The third-order valence-electron chi connectivity index (χ3n) is 3.15. The molecule has 0 atom stereocenters. The SMILES string of the molecule is Fc1ccc(-c2n[nH]c(=S)n2C2CC2)cc1C(F)(F)F. The summed E-state index contributed by atoms with van der Waals surface area (Å²) >= 11 is 5.07. The lowest BCUT2D eigenvalue weighted by molar-refractivity contribution is -0.139. The van der Waals surface area contributed by atoms with Crippen molar-refractivity contribution < 1.29 is 17.6 Å². The monoisotopic (exact) mass is 303 g/mol. The lowest BCUT2D eigenvalue weighted by atomic mass is 10.1. The van der Waals surface area contributed by atoms with E-state index in [9.17, 15) is 17.6 Å². The number of alkyl halides is 3. The highest BCUT2D eigenvalue weighted by Gasteiger charge is 2.35. The molecular weight excluding hydrogens is 294 g/mol. The molecule has 1 saturated carbocycles. The summed E-state index contributed by atoms with van der Waals surface area (Å²) in [6.07, 6.45) is -2.92. The molecule has 0 amide bonds. The Labute approximate surface area is 116 Å². The van der Waals surface area contributed by atoms with E-state index in [1.165, 1.54) is 6.07 Å². The summed E-state index contributed by atoms with van der Waals surface area (Å²) < 4.78 is 53.5. The van der Waals surface area contributed by atoms with Crippen LogP contribution in [0.5, 0.6) is 0 Å². The van der Waals surface area contributed by atoms with Gasteiger partial charge < -0.3 is 0 Å². The molecule has 106 valence electrons. The van der Waals surface area contributed by atoms with Gasteiger partial charge in [-0.1, -0.05) is 0 Å². The first kappa shape index (κ1) is 13.3. The maximum atomic E-state index is 13.3. The van der Waals surface area contributed by atoms with Crippen molar-refractivity contribution in [3.05, 3.63) is 34.4 Å². The lowest BCUT2D eigenvalue weighted by Crippen LogP contribution is -2.08. The van der Waals surface area contributed by atoms with Crippen LogP contribution in [0.1, 0.15) is 24.4 Å². The molecule has 0 unspecified atom stereocenters. The number of aromatic amines is 1.